The molecule has 2 rings (SSSR count). The Hall–Kier alpha value is -1.36. The van der Waals surface area contributed by atoms with E-state index in [2.05, 4.69) is 107 Å². The van der Waals surface area contributed by atoms with Crippen molar-refractivity contribution in [3.05, 3.63) is 22.7 Å². The van der Waals surface area contributed by atoms with E-state index in [-0.39, 0.29) is 15.1 Å². The number of carboxylic acids is 1. The summed E-state index contributed by atoms with van der Waals surface area (Å²) < 4.78 is 29.3. The van der Waals surface area contributed by atoms with Crippen LogP contribution in [0.15, 0.2) is 17.1 Å². The number of ether oxygens (including phenoxy) is 1. The molecular formula is C32H63N3O7Si3. The molecule has 1 aliphatic rings. The molecule has 10 nitrogen and oxygen atoms in total. The predicted octanol–water partition coefficient (Wildman–Crippen LogP) is 7.24. The number of hydrogen-bond donors (Lipinski definition) is 1. The average Bonchev–Trinajstić information content (AvgIpc) is 3.16. The van der Waals surface area contributed by atoms with Crippen LogP contribution >= 0.6 is 0 Å². The van der Waals surface area contributed by atoms with Crippen molar-refractivity contribution in [2.75, 3.05) is 18.1 Å². The Balaban J connectivity index is 2.72. The van der Waals surface area contributed by atoms with Gasteiger partial charge in [-0.3, -0.25) is 4.57 Å². The molecule has 0 radical (unpaired) electrons. The molecule has 1 saturated heterocycles. The molecule has 0 aliphatic carbocycles. The van der Waals surface area contributed by atoms with Gasteiger partial charge in [-0.25, -0.2) is 9.59 Å². The van der Waals surface area contributed by atoms with E-state index in [0.29, 0.717) is 19.0 Å². The molecule has 0 aromatic carbocycles. The van der Waals surface area contributed by atoms with Gasteiger partial charge >= 0.3 is 11.7 Å². The third-order valence-electron chi connectivity index (χ3n) is 10.7. The second kappa shape index (κ2) is 13.6. The first kappa shape index (κ1) is 39.8. The van der Waals surface area contributed by atoms with E-state index in [0.717, 1.165) is 0 Å². The second-order valence-corrected chi connectivity index (χ2v) is 31.4. The third-order valence-corrected chi connectivity index (χ3v) is 24.2. The third kappa shape index (κ3) is 8.96. The first-order chi connectivity index (χ1) is 20.1. The molecular weight excluding hydrogens is 623 g/mol. The highest BCUT2D eigenvalue weighted by Gasteiger charge is 2.55. The lowest BCUT2D eigenvalue weighted by atomic mass is 10.1. The minimum Gasteiger partial charge on any atom is -0.480 e. The molecule has 5 atom stereocenters. The molecule has 1 aliphatic heterocycles. The quantitative estimate of drug-likeness (QED) is 0.228. The SMILES string of the molecule is CCN(c1ccn([C@@H]2O[C@H](CO[Si](C)(C)C(C)(C)C)[C@@H](O[Si](C)(C)C(C)(C)C)[C@H]2O[Si](C)(C)C(C)(C)C)c(=O)n1)[C@@H](C)C(=O)O. The molecule has 0 amide bonds. The van der Waals surface area contributed by atoms with Gasteiger partial charge in [0, 0.05) is 12.7 Å². The van der Waals surface area contributed by atoms with E-state index in [1.807, 2.05) is 6.92 Å². The van der Waals surface area contributed by atoms with Gasteiger partial charge in [-0.15, -0.1) is 0 Å². The lowest BCUT2D eigenvalue weighted by molar-refractivity contribution is -0.138. The lowest BCUT2D eigenvalue weighted by Gasteiger charge is -2.44. The summed E-state index contributed by atoms with van der Waals surface area (Å²) in [5, 5.41) is 9.45. The van der Waals surface area contributed by atoms with Crippen molar-refractivity contribution in [1.29, 1.82) is 0 Å². The van der Waals surface area contributed by atoms with E-state index in [4.69, 9.17) is 18.0 Å². The van der Waals surface area contributed by atoms with Crippen LogP contribution in [0, 0.1) is 0 Å². The molecule has 1 aromatic heterocycles. The van der Waals surface area contributed by atoms with E-state index in [1.165, 1.54) is 4.57 Å². The van der Waals surface area contributed by atoms with Gasteiger partial charge in [-0.05, 0) is 74.3 Å². The van der Waals surface area contributed by atoms with Crippen LogP contribution in [0.4, 0.5) is 5.82 Å². The maximum Gasteiger partial charge on any atom is 0.351 e. The van der Waals surface area contributed by atoms with Crippen molar-refractivity contribution in [2.45, 2.75) is 161 Å². The molecule has 0 saturated carbocycles. The van der Waals surface area contributed by atoms with Crippen molar-refractivity contribution in [2.24, 2.45) is 0 Å². The molecule has 0 unspecified atom stereocenters. The van der Waals surface area contributed by atoms with Crippen LogP contribution in [0.2, 0.25) is 54.4 Å². The van der Waals surface area contributed by atoms with Crippen molar-refractivity contribution in [3.8, 4) is 0 Å². The summed E-state index contributed by atoms with van der Waals surface area (Å²) in [6.45, 7) is 37.2. The summed E-state index contributed by atoms with van der Waals surface area (Å²) in [6, 6.07) is 0.842. The number of hydrogen-bond acceptors (Lipinski definition) is 8. The normalized spacial score (nSPS) is 22.9. The lowest BCUT2D eigenvalue weighted by Crippen LogP contribution is -2.54. The van der Waals surface area contributed by atoms with Crippen LogP contribution in [0.25, 0.3) is 0 Å². The monoisotopic (exact) mass is 685 g/mol. The number of aliphatic carboxylic acids is 1. The Bertz CT molecular complexity index is 1230. The topological polar surface area (TPSA) is 112 Å². The zero-order valence-electron chi connectivity index (χ0n) is 31.2. The highest BCUT2D eigenvalue weighted by atomic mass is 28.4. The Morgan fingerprint density at radius 3 is 1.80 bits per heavy atom. The van der Waals surface area contributed by atoms with Crippen molar-refractivity contribution < 1.29 is 27.9 Å². The summed E-state index contributed by atoms with van der Waals surface area (Å²) in [5.41, 5.74) is -0.533. The van der Waals surface area contributed by atoms with Gasteiger partial charge in [0.25, 0.3) is 0 Å². The van der Waals surface area contributed by atoms with Gasteiger partial charge in [0.15, 0.2) is 31.2 Å². The summed E-state index contributed by atoms with van der Waals surface area (Å²) in [6.07, 6.45) is -0.685. The molecule has 45 heavy (non-hydrogen) atoms. The Kier molecular flexibility index (Phi) is 12.1. The zero-order valence-corrected chi connectivity index (χ0v) is 34.2. The van der Waals surface area contributed by atoms with Crippen LogP contribution in [0.5, 0.6) is 0 Å². The Labute approximate surface area is 275 Å². The minimum atomic E-state index is -2.39. The van der Waals surface area contributed by atoms with E-state index >= 15 is 0 Å². The molecule has 0 bridgehead atoms. The fourth-order valence-corrected chi connectivity index (χ4v) is 8.02. The zero-order chi connectivity index (χ0) is 35.1. The fraction of sp³-hybridized carbons (Fsp3) is 0.844. The Morgan fingerprint density at radius 1 is 0.933 bits per heavy atom. The van der Waals surface area contributed by atoms with Crippen LogP contribution in [0.3, 0.4) is 0 Å². The molecule has 0 spiro atoms. The first-order valence-electron chi connectivity index (χ1n) is 16.3. The number of rotatable bonds is 12. The summed E-state index contributed by atoms with van der Waals surface area (Å²) in [4.78, 5) is 31.4. The van der Waals surface area contributed by atoms with Crippen molar-refractivity contribution >= 4 is 36.7 Å². The number of carbonyl (C=O) groups is 1. The maximum absolute atomic E-state index is 13.8. The van der Waals surface area contributed by atoms with Crippen LogP contribution in [-0.4, -0.2) is 83.1 Å². The van der Waals surface area contributed by atoms with E-state index in [9.17, 15) is 14.7 Å². The highest BCUT2D eigenvalue weighted by molar-refractivity contribution is 6.75. The van der Waals surface area contributed by atoms with Gasteiger partial charge < -0.3 is 28.0 Å². The minimum absolute atomic E-state index is 0.00671. The van der Waals surface area contributed by atoms with E-state index in [1.54, 1.807) is 24.1 Å². The van der Waals surface area contributed by atoms with Gasteiger partial charge in [0.1, 0.15) is 30.2 Å². The number of aromatic nitrogens is 2. The van der Waals surface area contributed by atoms with Gasteiger partial charge in [0.05, 0.1) is 6.61 Å². The molecule has 2 heterocycles. The van der Waals surface area contributed by atoms with Crippen LogP contribution in [-0.2, 0) is 22.8 Å². The number of carboxylic acid groups (broad SMARTS) is 1. The fourth-order valence-electron chi connectivity index (χ4n) is 4.40. The number of nitrogens with zero attached hydrogens (tertiary/aromatic N) is 3. The van der Waals surface area contributed by atoms with Gasteiger partial charge in [0.2, 0.25) is 0 Å². The largest absolute Gasteiger partial charge is 0.480 e. The number of likely N-dealkylation sites (N-methyl/N-ethyl adjacent to an activating group) is 1. The Morgan fingerprint density at radius 2 is 1.40 bits per heavy atom. The van der Waals surface area contributed by atoms with Gasteiger partial charge in [-0.1, -0.05) is 62.3 Å². The average molecular weight is 686 g/mol. The van der Waals surface area contributed by atoms with Crippen molar-refractivity contribution in [3.63, 3.8) is 0 Å². The summed E-state index contributed by atoms with van der Waals surface area (Å²) >= 11 is 0. The predicted molar refractivity (Wildman–Crippen MR) is 190 cm³/mol. The maximum atomic E-state index is 13.8. The van der Waals surface area contributed by atoms with Crippen LogP contribution in [0.1, 0.15) is 82.4 Å². The molecule has 1 fully saturated rings. The molecule has 1 aromatic rings. The first-order valence-corrected chi connectivity index (χ1v) is 25.0. The van der Waals surface area contributed by atoms with Gasteiger partial charge in [-0.2, -0.15) is 4.98 Å². The smallest absolute Gasteiger partial charge is 0.351 e. The summed E-state index contributed by atoms with van der Waals surface area (Å²) in [5.74, 6) is -0.680. The molecule has 1 N–H and O–H groups in total. The van der Waals surface area contributed by atoms with Crippen molar-refractivity contribution in [1.82, 2.24) is 9.55 Å². The molecule has 13 heteroatoms. The summed E-state index contributed by atoms with van der Waals surface area (Å²) in [7, 11) is -6.87. The number of anilines is 1. The van der Waals surface area contributed by atoms with Crippen LogP contribution < -0.4 is 10.6 Å². The molecule has 260 valence electrons. The standard InChI is InChI=1S/C32H63N3O7Si3/c1-18-34(22(2)28(36)37)24-19-20-35(29(38)33-24)27-26(42-45(16,17)32(9,10)11)25(41-44(14,15)31(6,7)8)23(40-27)21-39-43(12,13)30(3,4)5/h19-20,22-23,25-27H,18,21H2,1-17H3,(H,36,37)/t22-,23+,25+,26+,27+/m0/s1. The second-order valence-electron chi connectivity index (χ2n) is 17.1. The van der Waals surface area contributed by atoms with E-state index < -0.39 is 67.2 Å². The highest BCUT2D eigenvalue weighted by Crippen LogP contribution is 2.46.